The Morgan fingerprint density at radius 1 is 1.20 bits per heavy atom. The quantitative estimate of drug-likeness (QED) is 0.165. The number of imide groups is 1. The van der Waals surface area contributed by atoms with Gasteiger partial charge in [0.2, 0.25) is 6.41 Å². The topological polar surface area (TPSA) is 125 Å². The second-order valence-corrected chi connectivity index (χ2v) is 6.19. The minimum absolute atomic E-state index is 0.125. The molecule has 1 aromatic carbocycles. The highest BCUT2D eigenvalue weighted by molar-refractivity contribution is 6.04. The molecule has 0 aliphatic rings. The van der Waals surface area contributed by atoms with E-state index in [0.29, 0.717) is 23.5 Å². The summed E-state index contributed by atoms with van der Waals surface area (Å²) >= 11 is 0. The number of methoxy groups -OCH3 is 2. The van der Waals surface area contributed by atoms with Gasteiger partial charge in [-0.2, -0.15) is 0 Å². The van der Waals surface area contributed by atoms with Crippen molar-refractivity contribution in [1.29, 1.82) is 0 Å². The van der Waals surface area contributed by atoms with Crippen molar-refractivity contribution >= 4 is 24.0 Å². The van der Waals surface area contributed by atoms with Crippen LogP contribution in [-0.2, 0) is 14.3 Å². The molecule has 10 heteroatoms. The smallest absolute Gasteiger partial charge is 0.309 e. The van der Waals surface area contributed by atoms with Crippen molar-refractivity contribution in [2.75, 3.05) is 20.8 Å². The Morgan fingerprint density at radius 3 is 2.40 bits per heavy atom. The van der Waals surface area contributed by atoms with Crippen LogP contribution < -0.4 is 9.47 Å². The highest BCUT2D eigenvalue weighted by atomic mass is 16.6. The monoisotopic (exact) mass is 422 g/mol. The van der Waals surface area contributed by atoms with Crippen molar-refractivity contribution in [3.63, 3.8) is 0 Å². The zero-order valence-electron chi connectivity index (χ0n) is 17.5. The number of benzene rings is 1. The Balaban J connectivity index is 3.37. The van der Waals surface area contributed by atoms with Gasteiger partial charge in [-0.1, -0.05) is 20.3 Å². The lowest BCUT2D eigenvalue weighted by Gasteiger charge is -2.16. The zero-order valence-corrected chi connectivity index (χ0v) is 17.5. The maximum Gasteiger partial charge on any atom is 0.309 e. The second-order valence-electron chi connectivity index (χ2n) is 6.19. The first-order chi connectivity index (χ1) is 14.3. The molecule has 0 unspecified atom stereocenters. The van der Waals surface area contributed by atoms with Crippen molar-refractivity contribution in [3.05, 3.63) is 39.6 Å². The summed E-state index contributed by atoms with van der Waals surface area (Å²) in [6, 6.07) is 2.27. The number of ether oxygens (including phenoxy) is 3. The van der Waals surface area contributed by atoms with E-state index in [1.807, 2.05) is 6.92 Å². The van der Waals surface area contributed by atoms with Gasteiger partial charge in [0.05, 0.1) is 38.2 Å². The molecule has 30 heavy (non-hydrogen) atoms. The summed E-state index contributed by atoms with van der Waals surface area (Å²) in [6.07, 6.45) is 3.24. The van der Waals surface area contributed by atoms with Crippen molar-refractivity contribution in [1.82, 2.24) is 4.90 Å². The number of amides is 2. The fourth-order valence-electron chi connectivity index (χ4n) is 2.46. The van der Waals surface area contributed by atoms with Crippen LogP contribution in [0.3, 0.4) is 0 Å². The summed E-state index contributed by atoms with van der Waals surface area (Å²) in [5.74, 6) is -1.23. The van der Waals surface area contributed by atoms with Crippen LogP contribution in [0.2, 0.25) is 0 Å². The third kappa shape index (κ3) is 6.57. The molecule has 0 radical (unpaired) electrons. The molecule has 0 saturated heterocycles. The summed E-state index contributed by atoms with van der Waals surface area (Å²) < 4.78 is 15.3. The lowest BCUT2D eigenvalue weighted by molar-refractivity contribution is -0.385. The second kappa shape index (κ2) is 12.2. The Labute approximate surface area is 174 Å². The lowest BCUT2D eigenvalue weighted by atomic mass is 10.1. The van der Waals surface area contributed by atoms with Crippen LogP contribution in [0.25, 0.3) is 0 Å². The van der Waals surface area contributed by atoms with Crippen LogP contribution in [0.5, 0.6) is 11.5 Å². The van der Waals surface area contributed by atoms with E-state index in [2.05, 4.69) is 4.74 Å². The van der Waals surface area contributed by atoms with Gasteiger partial charge in [-0.05, 0) is 18.4 Å². The third-order valence-electron chi connectivity index (χ3n) is 4.19. The molecule has 2 amide bonds. The van der Waals surface area contributed by atoms with Gasteiger partial charge < -0.3 is 14.2 Å². The highest BCUT2D eigenvalue weighted by Gasteiger charge is 2.28. The predicted octanol–water partition coefficient (Wildman–Crippen LogP) is 3.24. The molecule has 0 bridgehead atoms. The number of hydrogen-bond donors (Lipinski definition) is 0. The molecule has 0 atom stereocenters. The van der Waals surface area contributed by atoms with Crippen molar-refractivity contribution in [2.45, 2.75) is 39.5 Å². The lowest BCUT2D eigenvalue weighted by Crippen LogP contribution is -2.26. The minimum atomic E-state index is -0.939. The Kier molecular flexibility index (Phi) is 10.0. The zero-order chi connectivity index (χ0) is 22.7. The number of carbonyl (C=O) groups is 3. The highest BCUT2D eigenvalue weighted by Crippen LogP contribution is 2.35. The molecule has 0 heterocycles. The SMILES string of the molecule is CCCCOc1cc([N+](=O)[O-])c(C(=O)N(C=O)/C=C(\CC)CC(=O)OC)cc1OC. The third-order valence-corrected chi connectivity index (χ3v) is 4.19. The average Bonchev–Trinajstić information content (AvgIpc) is 2.75. The van der Waals surface area contributed by atoms with Crippen LogP contribution in [-0.4, -0.2) is 48.9 Å². The van der Waals surface area contributed by atoms with Gasteiger partial charge in [0.15, 0.2) is 11.5 Å². The number of nitro groups is 1. The van der Waals surface area contributed by atoms with Gasteiger partial charge in [0, 0.05) is 12.3 Å². The van der Waals surface area contributed by atoms with Crippen LogP contribution in [0.15, 0.2) is 23.9 Å². The van der Waals surface area contributed by atoms with Crippen molar-refractivity contribution < 1.29 is 33.5 Å². The predicted molar refractivity (Wildman–Crippen MR) is 107 cm³/mol. The molecule has 0 aromatic heterocycles. The average molecular weight is 422 g/mol. The molecule has 0 aliphatic heterocycles. The van der Waals surface area contributed by atoms with E-state index in [1.54, 1.807) is 6.92 Å². The van der Waals surface area contributed by atoms with Crippen LogP contribution in [0.4, 0.5) is 5.69 Å². The first-order valence-electron chi connectivity index (χ1n) is 9.36. The minimum Gasteiger partial charge on any atom is -0.493 e. The standard InChI is InChI=1S/C20H26N2O8/c1-5-7-8-30-18-11-16(22(26)27)15(10-17(18)28-3)20(25)21(13-23)12-14(6-2)9-19(24)29-4/h10-13H,5-9H2,1-4H3/b14-12+. The van der Waals surface area contributed by atoms with Gasteiger partial charge in [-0.3, -0.25) is 29.4 Å². The fourth-order valence-corrected chi connectivity index (χ4v) is 2.46. The maximum absolute atomic E-state index is 12.9. The summed E-state index contributed by atoms with van der Waals surface area (Å²) in [7, 11) is 2.56. The van der Waals surface area contributed by atoms with E-state index in [0.717, 1.165) is 25.0 Å². The van der Waals surface area contributed by atoms with Gasteiger partial charge >= 0.3 is 5.97 Å². The number of nitrogens with zero attached hydrogens (tertiary/aromatic N) is 2. The molecule has 1 aromatic rings. The Bertz CT molecular complexity index is 819. The van der Waals surface area contributed by atoms with Crippen molar-refractivity contribution in [2.24, 2.45) is 0 Å². The fraction of sp³-hybridized carbons (Fsp3) is 0.450. The van der Waals surface area contributed by atoms with E-state index in [9.17, 15) is 24.5 Å². The molecular formula is C20H26N2O8. The Hall–Kier alpha value is -3.43. The molecule has 0 spiro atoms. The van der Waals surface area contributed by atoms with E-state index in [-0.39, 0.29) is 29.9 Å². The number of hydrogen-bond acceptors (Lipinski definition) is 8. The molecular weight excluding hydrogens is 396 g/mol. The molecule has 0 aliphatic carbocycles. The Morgan fingerprint density at radius 2 is 1.90 bits per heavy atom. The molecule has 0 saturated carbocycles. The molecule has 0 fully saturated rings. The summed E-state index contributed by atoms with van der Waals surface area (Å²) in [4.78, 5) is 47.4. The van der Waals surface area contributed by atoms with Crippen LogP contribution in [0.1, 0.15) is 49.9 Å². The number of unbranched alkanes of at least 4 members (excludes halogenated alkanes) is 1. The van der Waals surface area contributed by atoms with Gasteiger partial charge in [0.1, 0.15) is 5.56 Å². The molecule has 164 valence electrons. The summed E-state index contributed by atoms with van der Waals surface area (Å²) in [5, 5.41) is 11.6. The molecule has 10 nitrogen and oxygen atoms in total. The van der Waals surface area contributed by atoms with E-state index >= 15 is 0 Å². The van der Waals surface area contributed by atoms with E-state index in [1.165, 1.54) is 20.4 Å². The molecule has 0 N–H and O–H groups in total. The first kappa shape index (κ1) is 24.6. The maximum atomic E-state index is 12.9. The number of nitro benzene ring substituents is 1. The van der Waals surface area contributed by atoms with Gasteiger partial charge in [0.25, 0.3) is 11.6 Å². The normalized spacial score (nSPS) is 10.9. The van der Waals surface area contributed by atoms with Crippen LogP contribution in [0, 0.1) is 10.1 Å². The number of esters is 1. The van der Waals surface area contributed by atoms with Crippen LogP contribution >= 0.6 is 0 Å². The summed E-state index contributed by atoms with van der Waals surface area (Å²) in [5.41, 5.74) is -0.438. The van der Waals surface area contributed by atoms with Gasteiger partial charge in [-0.25, -0.2) is 0 Å². The van der Waals surface area contributed by atoms with Gasteiger partial charge in [-0.15, -0.1) is 0 Å². The summed E-state index contributed by atoms with van der Waals surface area (Å²) in [6.45, 7) is 4.03. The number of rotatable bonds is 12. The van der Waals surface area contributed by atoms with Crippen molar-refractivity contribution in [3.8, 4) is 11.5 Å². The largest absolute Gasteiger partial charge is 0.493 e. The van der Waals surface area contributed by atoms with E-state index < -0.39 is 22.5 Å². The molecule has 1 rings (SSSR count). The first-order valence-corrected chi connectivity index (χ1v) is 9.36. The van der Waals surface area contributed by atoms with E-state index in [4.69, 9.17) is 9.47 Å². The number of carbonyl (C=O) groups excluding carboxylic acids is 3.